The summed E-state index contributed by atoms with van der Waals surface area (Å²) in [5.41, 5.74) is 1.04. The van der Waals surface area contributed by atoms with Gasteiger partial charge in [0.1, 0.15) is 12.1 Å². The van der Waals surface area contributed by atoms with Crippen LogP contribution in [0, 0.1) is 12.8 Å². The van der Waals surface area contributed by atoms with E-state index in [1.54, 1.807) is 6.33 Å². The Morgan fingerprint density at radius 1 is 1.42 bits per heavy atom. The fourth-order valence-corrected chi connectivity index (χ4v) is 1.50. The summed E-state index contributed by atoms with van der Waals surface area (Å²) in [6, 6.07) is 2.03. The van der Waals surface area contributed by atoms with E-state index >= 15 is 0 Å². The van der Waals surface area contributed by atoms with Gasteiger partial charge in [-0.05, 0) is 12.8 Å². The topological polar surface area (TPSA) is 29.0 Å². The zero-order valence-electron chi connectivity index (χ0n) is 7.49. The molecule has 0 unspecified atom stereocenters. The van der Waals surface area contributed by atoms with Gasteiger partial charge in [0.15, 0.2) is 0 Å². The number of nitrogens with zero attached hydrogens (tertiary/aromatic N) is 3. The van der Waals surface area contributed by atoms with Gasteiger partial charge < -0.3 is 4.90 Å². The molecule has 0 amide bonds. The van der Waals surface area contributed by atoms with Crippen LogP contribution in [0.3, 0.4) is 0 Å². The molecular formula is C9H13N3. The summed E-state index contributed by atoms with van der Waals surface area (Å²) >= 11 is 0. The van der Waals surface area contributed by atoms with E-state index in [9.17, 15) is 0 Å². The number of hydrogen-bond donors (Lipinski definition) is 0. The monoisotopic (exact) mass is 163 g/mol. The first-order chi connectivity index (χ1) is 5.75. The Labute approximate surface area is 72.4 Å². The zero-order chi connectivity index (χ0) is 8.55. The van der Waals surface area contributed by atoms with Gasteiger partial charge in [-0.2, -0.15) is 0 Å². The van der Waals surface area contributed by atoms with Crippen molar-refractivity contribution >= 4 is 5.82 Å². The van der Waals surface area contributed by atoms with Crippen molar-refractivity contribution in [2.45, 2.75) is 13.8 Å². The Bertz CT molecular complexity index is 279. The van der Waals surface area contributed by atoms with Crippen molar-refractivity contribution in [2.75, 3.05) is 18.0 Å². The second kappa shape index (κ2) is 2.73. The SMILES string of the molecule is Cc1cc(N2CC(C)C2)ncn1. The van der Waals surface area contributed by atoms with Crippen LogP contribution in [0.25, 0.3) is 0 Å². The molecule has 1 saturated heterocycles. The van der Waals surface area contributed by atoms with Gasteiger partial charge in [-0.3, -0.25) is 0 Å². The van der Waals surface area contributed by atoms with E-state index < -0.39 is 0 Å². The summed E-state index contributed by atoms with van der Waals surface area (Å²) in [7, 11) is 0. The quantitative estimate of drug-likeness (QED) is 0.623. The van der Waals surface area contributed by atoms with Crippen LogP contribution in [0.5, 0.6) is 0 Å². The van der Waals surface area contributed by atoms with Crippen LogP contribution in [0.15, 0.2) is 12.4 Å². The predicted octanol–water partition coefficient (Wildman–Crippen LogP) is 1.24. The summed E-state index contributed by atoms with van der Waals surface area (Å²) in [4.78, 5) is 10.5. The molecule has 0 saturated carbocycles. The van der Waals surface area contributed by atoms with Gasteiger partial charge in [-0.25, -0.2) is 9.97 Å². The van der Waals surface area contributed by atoms with Crippen LogP contribution in [-0.4, -0.2) is 23.1 Å². The maximum atomic E-state index is 4.21. The lowest BCUT2D eigenvalue weighted by molar-refractivity contribution is 0.443. The lowest BCUT2D eigenvalue weighted by Crippen LogP contribution is -2.45. The molecule has 1 aliphatic heterocycles. The van der Waals surface area contributed by atoms with Gasteiger partial charge in [0.25, 0.3) is 0 Å². The third-order valence-electron chi connectivity index (χ3n) is 2.18. The third-order valence-corrected chi connectivity index (χ3v) is 2.18. The maximum absolute atomic E-state index is 4.21. The number of anilines is 1. The molecule has 0 N–H and O–H groups in total. The van der Waals surface area contributed by atoms with E-state index in [1.165, 1.54) is 0 Å². The Morgan fingerprint density at radius 3 is 2.75 bits per heavy atom. The molecule has 1 aromatic rings. The smallest absolute Gasteiger partial charge is 0.132 e. The van der Waals surface area contributed by atoms with Crippen molar-refractivity contribution in [3.8, 4) is 0 Å². The molecule has 0 bridgehead atoms. The van der Waals surface area contributed by atoms with Gasteiger partial charge in [0.05, 0.1) is 0 Å². The molecule has 0 radical (unpaired) electrons. The molecule has 0 atom stereocenters. The molecular weight excluding hydrogens is 150 g/mol. The van der Waals surface area contributed by atoms with Crippen LogP contribution in [0.4, 0.5) is 5.82 Å². The van der Waals surface area contributed by atoms with E-state index in [-0.39, 0.29) is 0 Å². The summed E-state index contributed by atoms with van der Waals surface area (Å²) < 4.78 is 0. The number of aryl methyl sites for hydroxylation is 1. The highest BCUT2D eigenvalue weighted by molar-refractivity contribution is 5.41. The molecule has 1 aromatic heterocycles. The number of rotatable bonds is 1. The van der Waals surface area contributed by atoms with Crippen LogP contribution in [0.1, 0.15) is 12.6 Å². The highest BCUT2D eigenvalue weighted by Crippen LogP contribution is 2.21. The van der Waals surface area contributed by atoms with Crippen molar-refractivity contribution in [1.82, 2.24) is 9.97 Å². The standard InChI is InChI=1S/C9H13N3/c1-7-4-12(5-7)9-3-8(2)10-6-11-9/h3,6-7H,4-5H2,1-2H3. The lowest BCUT2D eigenvalue weighted by Gasteiger charge is -2.38. The molecule has 1 fully saturated rings. The molecule has 0 aliphatic carbocycles. The van der Waals surface area contributed by atoms with E-state index in [0.29, 0.717) is 0 Å². The largest absolute Gasteiger partial charge is 0.356 e. The van der Waals surface area contributed by atoms with E-state index in [4.69, 9.17) is 0 Å². The summed E-state index contributed by atoms with van der Waals surface area (Å²) in [5, 5.41) is 0. The molecule has 64 valence electrons. The molecule has 3 heteroatoms. The van der Waals surface area contributed by atoms with Crippen LogP contribution in [-0.2, 0) is 0 Å². The Hall–Kier alpha value is -1.12. The van der Waals surface area contributed by atoms with E-state index in [0.717, 1.165) is 30.5 Å². The van der Waals surface area contributed by atoms with E-state index in [1.807, 2.05) is 13.0 Å². The number of aromatic nitrogens is 2. The van der Waals surface area contributed by atoms with E-state index in [2.05, 4.69) is 21.8 Å². The first-order valence-electron chi connectivity index (χ1n) is 4.29. The van der Waals surface area contributed by atoms with Crippen molar-refractivity contribution in [3.63, 3.8) is 0 Å². The summed E-state index contributed by atoms with van der Waals surface area (Å²) in [6.45, 7) is 6.52. The van der Waals surface area contributed by atoms with Crippen LogP contribution in [0.2, 0.25) is 0 Å². The highest BCUT2D eigenvalue weighted by Gasteiger charge is 2.23. The molecule has 1 aliphatic rings. The lowest BCUT2D eigenvalue weighted by atomic mass is 10.0. The molecule has 0 spiro atoms. The van der Waals surface area contributed by atoms with Crippen molar-refractivity contribution < 1.29 is 0 Å². The maximum Gasteiger partial charge on any atom is 0.132 e. The van der Waals surface area contributed by atoms with Gasteiger partial charge in [0, 0.05) is 24.8 Å². The van der Waals surface area contributed by atoms with Crippen molar-refractivity contribution in [3.05, 3.63) is 18.1 Å². The minimum Gasteiger partial charge on any atom is -0.356 e. The zero-order valence-corrected chi connectivity index (χ0v) is 7.49. The Morgan fingerprint density at radius 2 is 2.17 bits per heavy atom. The Kier molecular flexibility index (Phi) is 1.71. The fourth-order valence-electron chi connectivity index (χ4n) is 1.50. The highest BCUT2D eigenvalue weighted by atomic mass is 15.2. The molecule has 12 heavy (non-hydrogen) atoms. The van der Waals surface area contributed by atoms with Gasteiger partial charge >= 0.3 is 0 Å². The normalized spacial score (nSPS) is 17.7. The fraction of sp³-hybridized carbons (Fsp3) is 0.556. The average Bonchev–Trinajstić information content (AvgIpc) is 1.99. The first-order valence-corrected chi connectivity index (χ1v) is 4.29. The molecule has 3 nitrogen and oxygen atoms in total. The third kappa shape index (κ3) is 1.26. The summed E-state index contributed by atoms with van der Waals surface area (Å²) in [5.74, 6) is 1.89. The first kappa shape index (κ1) is 7.53. The minimum absolute atomic E-state index is 0.820. The predicted molar refractivity (Wildman–Crippen MR) is 48.1 cm³/mol. The van der Waals surface area contributed by atoms with Crippen LogP contribution >= 0.6 is 0 Å². The molecule has 2 heterocycles. The second-order valence-electron chi connectivity index (χ2n) is 3.53. The average molecular weight is 163 g/mol. The molecule has 2 rings (SSSR count). The van der Waals surface area contributed by atoms with Crippen molar-refractivity contribution in [1.29, 1.82) is 0 Å². The molecule has 0 aromatic carbocycles. The van der Waals surface area contributed by atoms with Crippen LogP contribution < -0.4 is 4.90 Å². The van der Waals surface area contributed by atoms with Gasteiger partial charge in [-0.1, -0.05) is 6.92 Å². The van der Waals surface area contributed by atoms with Crippen molar-refractivity contribution in [2.24, 2.45) is 5.92 Å². The summed E-state index contributed by atoms with van der Waals surface area (Å²) in [6.07, 6.45) is 1.63. The minimum atomic E-state index is 0.820. The van der Waals surface area contributed by atoms with Gasteiger partial charge in [0.2, 0.25) is 0 Å². The number of hydrogen-bond acceptors (Lipinski definition) is 3. The van der Waals surface area contributed by atoms with Gasteiger partial charge in [-0.15, -0.1) is 0 Å². The Balaban J connectivity index is 2.13. The second-order valence-corrected chi connectivity index (χ2v) is 3.53.